The molecule has 0 radical (unpaired) electrons. The SMILES string of the molecule is CC(CNCc1ccncc1)N(C)C1CC1.Cl. The number of hydrogen-bond donors (Lipinski definition) is 1. The third kappa shape index (κ3) is 4.62. The molecule has 0 bridgehead atoms. The smallest absolute Gasteiger partial charge is 0.0271 e. The van der Waals surface area contributed by atoms with E-state index in [0.717, 1.165) is 19.1 Å². The van der Waals surface area contributed by atoms with Crippen molar-refractivity contribution in [3.63, 3.8) is 0 Å². The van der Waals surface area contributed by atoms with Gasteiger partial charge in [-0.05, 0) is 44.5 Å². The summed E-state index contributed by atoms with van der Waals surface area (Å²) in [6.45, 7) is 4.28. The van der Waals surface area contributed by atoms with Crippen LogP contribution >= 0.6 is 12.4 Å². The van der Waals surface area contributed by atoms with Gasteiger partial charge in [0.1, 0.15) is 0 Å². The first kappa shape index (κ1) is 14.4. The monoisotopic (exact) mass is 255 g/mol. The first-order valence-corrected chi connectivity index (χ1v) is 6.09. The number of nitrogens with zero attached hydrogens (tertiary/aromatic N) is 2. The molecule has 1 heterocycles. The second kappa shape index (κ2) is 6.94. The van der Waals surface area contributed by atoms with E-state index in [4.69, 9.17) is 0 Å². The van der Waals surface area contributed by atoms with Crippen LogP contribution in [0.15, 0.2) is 24.5 Å². The van der Waals surface area contributed by atoms with E-state index in [1.54, 1.807) is 0 Å². The molecule has 1 aliphatic carbocycles. The maximum absolute atomic E-state index is 4.01. The summed E-state index contributed by atoms with van der Waals surface area (Å²) in [4.78, 5) is 6.50. The highest BCUT2D eigenvalue weighted by Gasteiger charge is 2.28. The number of pyridine rings is 1. The van der Waals surface area contributed by atoms with Crippen LogP contribution < -0.4 is 5.32 Å². The van der Waals surface area contributed by atoms with E-state index < -0.39 is 0 Å². The van der Waals surface area contributed by atoms with Crippen LogP contribution in [0.5, 0.6) is 0 Å². The predicted molar refractivity (Wildman–Crippen MR) is 73.4 cm³/mol. The zero-order valence-corrected chi connectivity index (χ0v) is 11.4. The van der Waals surface area contributed by atoms with Gasteiger partial charge in [0.2, 0.25) is 0 Å². The number of nitrogens with one attached hydrogen (secondary N) is 1. The van der Waals surface area contributed by atoms with Crippen molar-refractivity contribution in [1.82, 2.24) is 15.2 Å². The Morgan fingerprint density at radius 2 is 2.06 bits per heavy atom. The molecule has 2 rings (SSSR count). The third-order valence-corrected chi connectivity index (χ3v) is 3.34. The molecule has 17 heavy (non-hydrogen) atoms. The van der Waals surface area contributed by atoms with E-state index >= 15 is 0 Å². The lowest BCUT2D eigenvalue weighted by Gasteiger charge is -2.24. The molecule has 1 atom stereocenters. The lowest BCUT2D eigenvalue weighted by atomic mass is 10.2. The third-order valence-electron chi connectivity index (χ3n) is 3.34. The molecule has 1 unspecified atom stereocenters. The van der Waals surface area contributed by atoms with Crippen molar-refractivity contribution in [2.45, 2.75) is 38.4 Å². The Balaban J connectivity index is 0.00000144. The fourth-order valence-electron chi connectivity index (χ4n) is 1.91. The predicted octanol–water partition coefficient (Wildman–Crippen LogP) is 2.08. The Bertz CT molecular complexity index is 314. The number of aromatic nitrogens is 1. The van der Waals surface area contributed by atoms with Gasteiger partial charge in [-0.25, -0.2) is 0 Å². The molecule has 1 aromatic rings. The molecule has 1 fully saturated rings. The quantitative estimate of drug-likeness (QED) is 0.844. The Kier molecular flexibility index (Phi) is 5.89. The summed E-state index contributed by atoms with van der Waals surface area (Å²) in [5.74, 6) is 0. The van der Waals surface area contributed by atoms with Crippen molar-refractivity contribution in [1.29, 1.82) is 0 Å². The Morgan fingerprint density at radius 3 is 2.65 bits per heavy atom. The van der Waals surface area contributed by atoms with Crippen LogP contribution in [0.3, 0.4) is 0 Å². The fraction of sp³-hybridized carbons (Fsp3) is 0.615. The van der Waals surface area contributed by atoms with Crippen LogP contribution in [-0.4, -0.2) is 35.6 Å². The summed E-state index contributed by atoms with van der Waals surface area (Å²) in [6.07, 6.45) is 6.45. The molecule has 1 aliphatic rings. The highest BCUT2D eigenvalue weighted by Crippen LogP contribution is 2.26. The minimum Gasteiger partial charge on any atom is -0.311 e. The van der Waals surface area contributed by atoms with Crippen LogP contribution in [0.1, 0.15) is 25.3 Å². The topological polar surface area (TPSA) is 28.2 Å². The van der Waals surface area contributed by atoms with Crippen molar-refractivity contribution in [3.05, 3.63) is 30.1 Å². The number of hydrogen-bond acceptors (Lipinski definition) is 3. The van der Waals surface area contributed by atoms with Crippen LogP contribution in [0.2, 0.25) is 0 Å². The van der Waals surface area contributed by atoms with E-state index in [1.165, 1.54) is 18.4 Å². The highest BCUT2D eigenvalue weighted by atomic mass is 35.5. The molecule has 4 heteroatoms. The average Bonchev–Trinajstić information content (AvgIpc) is 3.13. The van der Waals surface area contributed by atoms with Crippen molar-refractivity contribution in [3.8, 4) is 0 Å². The van der Waals surface area contributed by atoms with E-state index in [-0.39, 0.29) is 12.4 Å². The fourth-order valence-corrected chi connectivity index (χ4v) is 1.91. The summed E-state index contributed by atoms with van der Waals surface area (Å²) < 4.78 is 0. The molecule has 96 valence electrons. The van der Waals surface area contributed by atoms with Crippen molar-refractivity contribution >= 4 is 12.4 Å². The second-order valence-corrected chi connectivity index (χ2v) is 4.73. The van der Waals surface area contributed by atoms with E-state index in [1.807, 2.05) is 12.4 Å². The number of halogens is 1. The second-order valence-electron chi connectivity index (χ2n) is 4.73. The van der Waals surface area contributed by atoms with Gasteiger partial charge >= 0.3 is 0 Å². The normalized spacial score (nSPS) is 16.6. The maximum atomic E-state index is 4.01. The van der Waals surface area contributed by atoms with Crippen molar-refractivity contribution in [2.75, 3.05) is 13.6 Å². The minimum atomic E-state index is 0. The first-order chi connectivity index (χ1) is 7.77. The molecule has 0 saturated heterocycles. The van der Waals surface area contributed by atoms with Crippen LogP contribution in [0.4, 0.5) is 0 Å². The molecule has 1 aromatic heterocycles. The van der Waals surface area contributed by atoms with Gasteiger partial charge in [-0.1, -0.05) is 0 Å². The number of rotatable bonds is 6. The molecule has 0 aromatic carbocycles. The molecule has 3 nitrogen and oxygen atoms in total. The lowest BCUT2D eigenvalue weighted by Crippen LogP contribution is -2.38. The zero-order chi connectivity index (χ0) is 11.4. The molecule has 0 spiro atoms. The lowest BCUT2D eigenvalue weighted by molar-refractivity contribution is 0.241. The largest absolute Gasteiger partial charge is 0.311 e. The molecule has 0 amide bonds. The van der Waals surface area contributed by atoms with Gasteiger partial charge in [0, 0.05) is 37.6 Å². The zero-order valence-electron chi connectivity index (χ0n) is 10.6. The summed E-state index contributed by atoms with van der Waals surface area (Å²) in [6, 6.07) is 5.58. The minimum absolute atomic E-state index is 0. The molecular weight excluding hydrogens is 234 g/mol. The van der Waals surface area contributed by atoms with Gasteiger partial charge < -0.3 is 5.32 Å². The summed E-state index contributed by atoms with van der Waals surface area (Å²) in [5, 5.41) is 3.50. The van der Waals surface area contributed by atoms with Crippen LogP contribution in [0.25, 0.3) is 0 Å². The average molecular weight is 256 g/mol. The molecule has 1 N–H and O–H groups in total. The van der Waals surface area contributed by atoms with Gasteiger partial charge in [-0.15, -0.1) is 12.4 Å². The van der Waals surface area contributed by atoms with E-state index in [0.29, 0.717) is 6.04 Å². The summed E-state index contributed by atoms with van der Waals surface area (Å²) >= 11 is 0. The molecule has 1 saturated carbocycles. The molecule has 0 aliphatic heterocycles. The number of likely N-dealkylation sites (N-methyl/N-ethyl adjacent to an activating group) is 1. The maximum Gasteiger partial charge on any atom is 0.0271 e. The Labute approximate surface area is 110 Å². The Hall–Kier alpha value is -0.640. The van der Waals surface area contributed by atoms with Gasteiger partial charge in [0.05, 0.1) is 0 Å². The van der Waals surface area contributed by atoms with Gasteiger partial charge in [-0.2, -0.15) is 0 Å². The molecular formula is C13H22ClN3. The summed E-state index contributed by atoms with van der Waals surface area (Å²) in [7, 11) is 2.23. The standard InChI is InChI=1S/C13H21N3.ClH/c1-11(16(2)13-3-4-13)9-15-10-12-5-7-14-8-6-12;/h5-8,11,13,15H,3-4,9-10H2,1-2H3;1H. The summed E-state index contributed by atoms with van der Waals surface area (Å²) in [5.41, 5.74) is 1.30. The van der Waals surface area contributed by atoms with Crippen LogP contribution in [-0.2, 0) is 6.54 Å². The van der Waals surface area contributed by atoms with Crippen molar-refractivity contribution < 1.29 is 0 Å². The van der Waals surface area contributed by atoms with E-state index in [2.05, 4.69) is 41.3 Å². The highest BCUT2D eigenvalue weighted by molar-refractivity contribution is 5.85. The van der Waals surface area contributed by atoms with Gasteiger partial charge in [-0.3, -0.25) is 9.88 Å². The van der Waals surface area contributed by atoms with Crippen molar-refractivity contribution in [2.24, 2.45) is 0 Å². The first-order valence-electron chi connectivity index (χ1n) is 6.09. The van der Waals surface area contributed by atoms with Gasteiger partial charge in [0.15, 0.2) is 0 Å². The van der Waals surface area contributed by atoms with E-state index in [9.17, 15) is 0 Å². The van der Waals surface area contributed by atoms with Crippen LogP contribution in [0, 0.1) is 0 Å². The van der Waals surface area contributed by atoms with Gasteiger partial charge in [0.25, 0.3) is 0 Å². The Morgan fingerprint density at radius 1 is 1.41 bits per heavy atom.